The highest BCUT2D eigenvalue weighted by atomic mass is 32.1. The molecule has 0 atom stereocenters. The van der Waals surface area contributed by atoms with E-state index in [4.69, 9.17) is 4.74 Å². The van der Waals surface area contributed by atoms with Crippen LogP contribution in [-0.2, 0) is 16.1 Å². The van der Waals surface area contributed by atoms with Crippen molar-refractivity contribution in [2.24, 2.45) is 0 Å². The number of ether oxygens (including phenoxy) is 1. The van der Waals surface area contributed by atoms with E-state index in [1.165, 1.54) is 34.6 Å². The van der Waals surface area contributed by atoms with Gasteiger partial charge in [0.25, 0.3) is 0 Å². The molecule has 0 spiro atoms. The smallest absolute Gasteiger partial charge is 0.341 e. The summed E-state index contributed by atoms with van der Waals surface area (Å²) in [6, 6.07) is 1.88. The van der Waals surface area contributed by atoms with E-state index < -0.39 is 5.97 Å². The lowest BCUT2D eigenvalue weighted by atomic mass is 10.1. The van der Waals surface area contributed by atoms with Gasteiger partial charge in [0.2, 0.25) is 11.7 Å². The largest absolute Gasteiger partial charge is 0.465 e. The first-order valence-electron chi connectivity index (χ1n) is 7.28. The van der Waals surface area contributed by atoms with Gasteiger partial charge in [-0.2, -0.15) is 16.1 Å². The van der Waals surface area contributed by atoms with Crippen molar-refractivity contribution in [3.63, 3.8) is 0 Å². The lowest BCUT2D eigenvalue weighted by Gasteiger charge is -2.05. The van der Waals surface area contributed by atoms with Crippen molar-refractivity contribution in [3.05, 3.63) is 32.8 Å². The SMILES string of the molecule is COC(=O)c1c(NC(=O)Cn2nnc(-c3ccsc3)n2)sc(C)c1C. The normalized spacial score (nSPS) is 10.7. The zero-order valence-electron chi connectivity index (χ0n) is 13.8. The number of hydrogen-bond donors (Lipinski definition) is 1. The molecule has 8 nitrogen and oxygen atoms in total. The van der Waals surface area contributed by atoms with Crippen LogP contribution in [0.1, 0.15) is 20.8 Å². The molecule has 1 N–H and O–H groups in total. The number of nitrogens with one attached hydrogen (secondary N) is 1. The van der Waals surface area contributed by atoms with Gasteiger partial charge in [-0.1, -0.05) is 0 Å². The number of hydrogen-bond acceptors (Lipinski definition) is 8. The van der Waals surface area contributed by atoms with Gasteiger partial charge >= 0.3 is 5.97 Å². The Labute approximate surface area is 151 Å². The molecule has 1 amide bonds. The summed E-state index contributed by atoms with van der Waals surface area (Å²) < 4.78 is 4.79. The monoisotopic (exact) mass is 377 g/mol. The first kappa shape index (κ1) is 17.2. The first-order chi connectivity index (χ1) is 12.0. The molecule has 3 rings (SSSR count). The minimum absolute atomic E-state index is 0.103. The van der Waals surface area contributed by atoms with Crippen molar-refractivity contribution in [2.75, 3.05) is 12.4 Å². The van der Waals surface area contributed by atoms with Crippen LogP contribution in [0.4, 0.5) is 5.00 Å². The predicted molar refractivity (Wildman–Crippen MR) is 94.9 cm³/mol. The maximum Gasteiger partial charge on any atom is 0.341 e. The van der Waals surface area contributed by atoms with Gasteiger partial charge in [0.05, 0.1) is 12.7 Å². The molecule has 0 fully saturated rings. The molecule has 3 aromatic heterocycles. The second kappa shape index (κ2) is 7.11. The molecule has 0 bridgehead atoms. The summed E-state index contributed by atoms with van der Waals surface area (Å²) in [5, 5.41) is 19.0. The number of tetrazole rings is 1. The topological polar surface area (TPSA) is 99.0 Å². The highest BCUT2D eigenvalue weighted by Crippen LogP contribution is 2.32. The lowest BCUT2D eigenvalue weighted by molar-refractivity contribution is -0.117. The summed E-state index contributed by atoms with van der Waals surface area (Å²) in [5.41, 5.74) is 2.03. The third-order valence-electron chi connectivity index (χ3n) is 3.55. The van der Waals surface area contributed by atoms with Crippen LogP contribution in [0.15, 0.2) is 16.8 Å². The lowest BCUT2D eigenvalue weighted by Crippen LogP contribution is -2.21. The molecule has 0 aromatic carbocycles. The Hall–Kier alpha value is -2.59. The van der Waals surface area contributed by atoms with E-state index in [0.29, 0.717) is 16.4 Å². The molecule has 0 aliphatic heterocycles. The number of aryl methyl sites for hydroxylation is 1. The number of nitrogens with zero attached hydrogens (tertiary/aromatic N) is 4. The number of thiophene rings is 2. The number of carbonyl (C=O) groups excluding carboxylic acids is 2. The molecule has 130 valence electrons. The molecule has 0 saturated carbocycles. The van der Waals surface area contributed by atoms with Gasteiger partial charge < -0.3 is 10.1 Å². The third kappa shape index (κ3) is 3.59. The van der Waals surface area contributed by atoms with E-state index in [1.54, 1.807) is 0 Å². The van der Waals surface area contributed by atoms with E-state index >= 15 is 0 Å². The number of rotatable bonds is 5. The second-order valence-electron chi connectivity index (χ2n) is 5.18. The molecule has 3 heterocycles. The summed E-state index contributed by atoms with van der Waals surface area (Å²) in [6.07, 6.45) is 0. The molecule has 25 heavy (non-hydrogen) atoms. The quantitative estimate of drug-likeness (QED) is 0.686. The summed E-state index contributed by atoms with van der Waals surface area (Å²) >= 11 is 2.86. The van der Waals surface area contributed by atoms with Gasteiger partial charge in [-0.15, -0.1) is 21.5 Å². The van der Waals surface area contributed by atoms with Crippen molar-refractivity contribution >= 4 is 39.6 Å². The van der Waals surface area contributed by atoms with E-state index in [9.17, 15) is 9.59 Å². The number of anilines is 1. The zero-order chi connectivity index (χ0) is 18.0. The fourth-order valence-corrected chi connectivity index (χ4v) is 3.87. The maximum absolute atomic E-state index is 12.3. The average Bonchev–Trinajstić information content (AvgIpc) is 3.29. The molecular weight excluding hydrogens is 362 g/mol. The van der Waals surface area contributed by atoms with Crippen LogP contribution in [0.5, 0.6) is 0 Å². The number of aromatic nitrogens is 4. The molecule has 3 aromatic rings. The van der Waals surface area contributed by atoms with E-state index in [0.717, 1.165) is 16.0 Å². The minimum Gasteiger partial charge on any atom is -0.465 e. The van der Waals surface area contributed by atoms with Crippen molar-refractivity contribution in [1.82, 2.24) is 20.2 Å². The fourth-order valence-electron chi connectivity index (χ4n) is 2.17. The zero-order valence-corrected chi connectivity index (χ0v) is 15.4. The minimum atomic E-state index is -0.476. The average molecular weight is 377 g/mol. The molecule has 10 heteroatoms. The summed E-state index contributed by atoms with van der Waals surface area (Å²) in [7, 11) is 1.31. The molecule has 0 radical (unpaired) electrons. The van der Waals surface area contributed by atoms with Gasteiger partial charge in [0, 0.05) is 15.8 Å². The molecule has 0 unspecified atom stereocenters. The molecule has 0 saturated heterocycles. The van der Waals surface area contributed by atoms with Gasteiger partial charge in [0.15, 0.2) is 0 Å². The second-order valence-corrected chi connectivity index (χ2v) is 7.19. The Kier molecular flexibility index (Phi) is 4.91. The summed E-state index contributed by atoms with van der Waals surface area (Å²) in [5.74, 6) is -0.358. The standard InChI is InChI=1S/C15H15N5O3S2/c1-8-9(2)25-14(12(8)15(22)23-3)16-11(21)6-20-18-13(17-19-20)10-4-5-24-7-10/h4-5,7H,6H2,1-3H3,(H,16,21). The predicted octanol–water partition coefficient (Wildman–Crippen LogP) is 2.51. The number of esters is 1. The number of carbonyl (C=O) groups is 2. The van der Waals surface area contributed by atoms with Crippen molar-refractivity contribution < 1.29 is 14.3 Å². The van der Waals surface area contributed by atoms with Gasteiger partial charge in [-0.3, -0.25) is 4.79 Å². The Morgan fingerprint density at radius 3 is 2.84 bits per heavy atom. The Bertz CT molecular complexity index is 914. The summed E-state index contributed by atoms with van der Waals surface area (Å²) in [6.45, 7) is 3.60. The van der Waals surface area contributed by atoms with Gasteiger partial charge in [-0.05, 0) is 36.1 Å². The van der Waals surface area contributed by atoms with Crippen LogP contribution in [0.2, 0.25) is 0 Å². The van der Waals surface area contributed by atoms with Gasteiger partial charge in [0.1, 0.15) is 11.5 Å². The molecule has 0 aliphatic rings. The van der Waals surface area contributed by atoms with Crippen LogP contribution in [0.3, 0.4) is 0 Å². The summed E-state index contributed by atoms with van der Waals surface area (Å²) in [4.78, 5) is 26.4. The van der Waals surface area contributed by atoms with Crippen LogP contribution < -0.4 is 5.32 Å². The van der Waals surface area contributed by atoms with Crippen molar-refractivity contribution in [3.8, 4) is 11.4 Å². The van der Waals surface area contributed by atoms with Crippen molar-refractivity contribution in [1.29, 1.82) is 0 Å². The molecular formula is C15H15N5O3S2. The maximum atomic E-state index is 12.3. The van der Waals surface area contributed by atoms with Crippen LogP contribution >= 0.6 is 22.7 Å². The number of methoxy groups -OCH3 is 1. The Morgan fingerprint density at radius 1 is 1.36 bits per heavy atom. The van der Waals surface area contributed by atoms with E-state index in [1.807, 2.05) is 30.7 Å². The fraction of sp³-hybridized carbons (Fsp3) is 0.267. The van der Waals surface area contributed by atoms with Crippen LogP contribution in [0.25, 0.3) is 11.4 Å². The van der Waals surface area contributed by atoms with Crippen LogP contribution in [0, 0.1) is 13.8 Å². The molecule has 0 aliphatic carbocycles. The van der Waals surface area contributed by atoms with Crippen molar-refractivity contribution in [2.45, 2.75) is 20.4 Å². The highest BCUT2D eigenvalue weighted by Gasteiger charge is 2.22. The first-order valence-corrected chi connectivity index (χ1v) is 9.04. The Balaban J connectivity index is 1.73. The Morgan fingerprint density at radius 2 is 2.16 bits per heavy atom. The third-order valence-corrected chi connectivity index (χ3v) is 5.35. The van der Waals surface area contributed by atoms with E-state index in [-0.39, 0.29) is 12.5 Å². The van der Waals surface area contributed by atoms with Gasteiger partial charge in [-0.25, -0.2) is 4.79 Å². The van der Waals surface area contributed by atoms with E-state index in [2.05, 4.69) is 20.7 Å². The highest BCUT2D eigenvalue weighted by molar-refractivity contribution is 7.16. The van der Waals surface area contributed by atoms with Crippen LogP contribution in [-0.4, -0.2) is 39.2 Å². The number of amides is 1.